The summed E-state index contributed by atoms with van der Waals surface area (Å²) in [5.74, 6) is 0.0336. The van der Waals surface area contributed by atoms with Crippen molar-refractivity contribution in [2.24, 2.45) is 0 Å². The molecule has 0 aromatic heterocycles. The molecule has 0 saturated heterocycles. The Kier molecular flexibility index (Phi) is 2.96. The van der Waals surface area contributed by atoms with Crippen molar-refractivity contribution in [3.05, 3.63) is 22.8 Å². The van der Waals surface area contributed by atoms with Crippen molar-refractivity contribution in [3.63, 3.8) is 0 Å². The molecule has 0 spiro atoms. The second kappa shape index (κ2) is 4.28. The van der Waals surface area contributed by atoms with E-state index in [4.69, 9.17) is 14.6 Å². The van der Waals surface area contributed by atoms with Gasteiger partial charge in [-0.05, 0) is 43.5 Å². The van der Waals surface area contributed by atoms with Crippen LogP contribution in [0.15, 0.2) is 6.07 Å². The predicted molar refractivity (Wildman–Crippen MR) is 63.0 cm³/mol. The van der Waals surface area contributed by atoms with E-state index in [1.807, 2.05) is 13.8 Å². The van der Waals surface area contributed by atoms with E-state index in [-0.39, 0.29) is 0 Å². The van der Waals surface area contributed by atoms with E-state index in [0.717, 1.165) is 22.4 Å². The third-order valence-electron chi connectivity index (χ3n) is 3.27. The molecule has 2 rings (SSSR count). The van der Waals surface area contributed by atoms with Gasteiger partial charge in [0.2, 0.25) is 0 Å². The van der Waals surface area contributed by atoms with Crippen LogP contribution in [0.25, 0.3) is 0 Å². The lowest BCUT2D eigenvalue weighted by molar-refractivity contribution is -0.138. The Morgan fingerprint density at radius 2 is 1.94 bits per heavy atom. The van der Waals surface area contributed by atoms with Crippen molar-refractivity contribution < 1.29 is 19.4 Å². The van der Waals surface area contributed by atoms with Gasteiger partial charge in [0.15, 0.2) is 11.5 Å². The summed E-state index contributed by atoms with van der Waals surface area (Å²) in [5, 5.41) is 9.08. The molecule has 1 aliphatic rings. The molecular weight excluding hydrogens is 220 g/mol. The van der Waals surface area contributed by atoms with Crippen LogP contribution in [0.3, 0.4) is 0 Å². The number of aliphatic carboxylic acids is 1. The maximum absolute atomic E-state index is 11.1. The molecule has 1 unspecified atom stereocenters. The van der Waals surface area contributed by atoms with Crippen LogP contribution < -0.4 is 9.47 Å². The summed E-state index contributed by atoms with van der Waals surface area (Å²) >= 11 is 0. The number of rotatable bonds is 2. The van der Waals surface area contributed by atoms with E-state index in [2.05, 4.69) is 0 Å². The molecule has 1 heterocycles. The quantitative estimate of drug-likeness (QED) is 0.855. The molecule has 92 valence electrons. The Morgan fingerprint density at radius 1 is 1.29 bits per heavy atom. The average Bonchev–Trinajstić information content (AvgIpc) is 2.33. The maximum Gasteiger partial charge on any atom is 0.310 e. The molecule has 1 N–H and O–H groups in total. The molecule has 0 amide bonds. The summed E-state index contributed by atoms with van der Waals surface area (Å²) in [7, 11) is 0. The van der Waals surface area contributed by atoms with E-state index in [9.17, 15) is 4.79 Å². The summed E-state index contributed by atoms with van der Waals surface area (Å²) in [6, 6.07) is 1.79. The van der Waals surface area contributed by atoms with Gasteiger partial charge in [-0.3, -0.25) is 4.79 Å². The number of hydrogen-bond donors (Lipinski definition) is 1. The van der Waals surface area contributed by atoms with Crippen LogP contribution >= 0.6 is 0 Å². The molecule has 1 aliphatic heterocycles. The summed E-state index contributed by atoms with van der Waals surface area (Å²) in [6.07, 6.45) is 0. The van der Waals surface area contributed by atoms with Gasteiger partial charge in [0.05, 0.1) is 5.92 Å². The van der Waals surface area contributed by atoms with Crippen LogP contribution in [-0.2, 0) is 4.79 Å². The molecule has 17 heavy (non-hydrogen) atoms. The molecule has 4 heteroatoms. The van der Waals surface area contributed by atoms with Gasteiger partial charge in [-0.1, -0.05) is 0 Å². The topological polar surface area (TPSA) is 55.8 Å². The van der Waals surface area contributed by atoms with Crippen molar-refractivity contribution in [3.8, 4) is 11.5 Å². The highest BCUT2D eigenvalue weighted by Crippen LogP contribution is 2.39. The van der Waals surface area contributed by atoms with Crippen molar-refractivity contribution in [2.75, 3.05) is 13.2 Å². The van der Waals surface area contributed by atoms with E-state index in [1.165, 1.54) is 0 Å². The Labute approximate surface area is 100 Å². The van der Waals surface area contributed by atoms with Crippen LogP contribution in [0, 0.1) is 13.8 Å². The number of benzene rings is 1. The first-order chi connectivity index (χ1) is 8.02. The Bertz CT molecular complexity index is 465. The lowest BCUT2D eigenvalue weighted by Gasteiger charge is -2.24. The van der Waals surface area contributed by atoms with Crippen molar-refractivity contribution in [1.29, 1.82) is 0 Å². The molecule has 1 aromatic rings. The Hall–Kier alpha value is -1.71. The minimum atomic E-state index is -0.829. The molecule has 0 radical (unpaired) electrons. The monoisotopic (exact) mass is 236 g/mol. The number of fused-ring (bicyclic) bond motifs is 1. The summed E-state index contributed by atoms with van der Waals surface area (Å²) in [6.45, 7) is 6.58. The summed E-state index contributed by atoms with van der Waals surface area (Å²) < 4.78 is 11.1. The minimum Gasteiger partial charge on any atom is -0.486 e. The third-order valence-corrected chi connectivity index (χ3v) is 3.27. The molecule has 0 fully saturated rings. The smallest absolute Gasteiger partial charge is 0.310 e. The lowest BCUT2D eigenvalue weighted by atomic mass is 9.92. The standard InChI is InChI=1S/C13H16O4/c1-7-8(2)12-11(16-4-5-17-12)6-10(7)9(3)13(14)15/h6,9H,4-5H2,1-3H3,(H,14,15). The fourth-order valence-corrected chi connectivity index (χ4v) is 2.05. The molecule has 1 atom stereocenters. The van der Waals surface area contributed by atoms with Gasteiger partial charge in [-0.15, -0.1) is 0 Å². The van der Waals surface area contributed by atoms with Gasteiger partial charge in [-0.25, -0.2) is 0 Å². The number of carboxylic acid groups (broad SMARTS) is 1. The average molecular weight is 236 g/mol. The first-order valence-corrected chi connectivity index (χ1v) is 5.65. The van der Waals surface area contributed by atoms with Crippen LogP contribution in [0.5, 0.6) is 11.5 Å². The molecule has 1 aromatic carbocycles. The fourth-order valence-electron chi connectivity index (χ4n) is 2.05. The molecular formula is C13H16O4. The zero-order chi connectivity index (χ0) is 12.6. The number of carbonyl (C=O) groups is 1. The van der Waals surface area contributed by atoms with Gasteiger partial charge in [-0.2, -0.15) is 0 Å². The van der Waals surface area contributed by atoms with Gasteiger partial charge in [0.25, 0.3) is 0 Å². The maximum atomic E-state index is 11.1. The first kappa shape index (κ1) is 11.8. The van der Waals surface area contributed by atoms with Gasteiger partial charge >= 0.3 is 5.97 Å². The van der Waals surface area contributed by atoms with Crippen LogP contribution in [-0.4, -0.2) is 24.3 Å². The first-order valence-electron chi connectivity index (χ1n) is 5.65. The molecule has 4 nitrogen and oxygen atoms in total. The summed E-state index contributed by atoms with van der Waals surface area (Å²) in [4.78, 5) is 11.1. The fraction of sp³-hybridized carbons (Fsp3) is 0.462. The van der Waals surface area contributed by atoms with E-state index >= 15 is 0 Å². The summed E-state index contributed by atoms with van der Waals surface area (Å²) in [5.41, 5.74) is 2.72. The van der Waals surface area contributed by atoms with Crippen molar-refractivity contribution >= 4 is 5.97 Å². The molecule has 0 saturated carbocycles. The SMILES string of the molecule is Cc1c(C(C)C(=O)O)cc2c(c1C)OCCO2. The van der Waals surface area contributed by atoms with Gasteiger partial charge in [0, 0.05) is 0 Å². The highest BCUT2D eigenvalue weighted by Gasteiger charge is 2.23. The zero-order valence-corrected chi connectivity index (χ0v) is 10.2. The van der Waals surface area contributed by atoms with Crippen LogP contribution in [0.1, 0.15) is 29.5 Å². The second-order valence-corrected chi connectivity index (χ2v) is 4.30. The number of ether oxygens (including phenoxy) is 2. The zero-order valence-electron chi connectivity index (χ0n) is 10.2. The largest absolute Gasteiger partial charge is 0.486 e. The van der Waals surface area contributed by atoms with Gasteiger partial charge < -0.3 is 14.6 Å². The van der Waals surface area contributed by atoms with E-state index in [0.29, 0.717) is 19.0 Å². The lowest BCUT2D eigenvalue weighted by Crippen LogP contribution is -2.18. The highest BCUT2D eigenvalue weighted by atomic mass is 16.6. The molecule has 0 aliphatic carbocycles. The van der Waals surface area contributed by atoms with E-state index in [1.54, 1.807) is 13.0 Å². The van der Waals surface area contributed by atoms with Crippen LogP contribution in [0.4, 0.5) is 0 Å². The number of hydrogen-bond acceptors (Lipinski definition) is 3. The van der Waals surface area contributed by atoms with Crippen LogP contribution in [0.2, 0.25) is 0 Å². The second-order valence-electron chi connectivity index (χ2n) is 4.30. The molecule has 0 bridgehead atoms. The highest BCUT2D eigenvalue weighted by molar-refractivity contribution is 5.77. The van der Waals surface area contributed by atoms with E-state index < -0.39 is 11.9 Å². The van der Waals surface area contributed by atoms with Crippen molar-refractivity contribution in [1.82, 2.24) is 0 Å². The normalized spacial score (nSPS) is 15.5. The van der Waals surface area contributed by atoms with Crippen molar-refractivity contribution in [2.45, 2.75) is 26.7 Å². The third kappa shape index (κ3) is 1.95. The number of carboxylic acids is 1. The Morgan fingerprint density at radius 3 is 2.59 bits per heavy atom. The van der Waals surface area contributed by atoms with Gasteiger partial charge in [0.1, 0.15) is 13.2 Å². The Balaban J connectivity index is 2.55. The minimum absolute atomic E-state index is 0.510. The predicted octanol–water partition coefficient (Wildman–Crippen LogP) is 2.26.